The number of ketones is 1. The zero-order valence-electron chi connectivity index (χ0n) is 7.17. The van der Waals surface area contributed by atoms with Crippen molar-refractivity contribution in [3.8, 4) is 0 Å². The molecule has 0 N–H and O–H groups in total. The average molecular weight is 170 g/mol. The van der Waals surface area contributed by atoms with Crippen molar-refractivity contribution in [3.05, 3.63) is 0 Å². The van der Waals surface area contributed by atoms with Gasteiger partial charge >= 0.3 is 5.97 Å². The third-order valence-corrected chi connectivity index (χ3v) is 2.01. The standard InChI is InChI=1S/C9H14O3/c10-8-6-4-2-1-3-5-7-12-9(8)11/h1-7H2. The lowest BCUT2D eigenvalue weighted by molar-refractivity contribution is -0.154. The fourth-order valence-electron chi connectivity index (χ4n) is 1.27. The van der Waals surface area contributed by atoms with E-state index in [1.807, 2.05) is 0 Å². The van der Waals surface area contributed by atoms with E-state index in [-0.39, 0.29) is 5.78 Å². The maximum Gasteiger partial charge on any atom is 0.374 e. The Bertz CT molecular complexity index is 155. The van der Waals surface area contributed by atoms with Crippen molar-refractivity contribution >= 4 is 11.8 Å². The monoisotopic (exact) mass is 170 g/mol. The summed E-state index contributed by atoms with van der Waals surface area (Å²) < 4.78 is 4.74. The average Bonchev–Trinajstić information content (AvgIpc) is 2.08. The Hall–Kier alpha value is -0.860. The molecule has 0 atom stereocenters. The Morgan fingerprint density at radius 1 is 0.917 bits per heavy atom. The summed E-state index contributed by atoms with van der Waals surface area (Å²) in [6.07, 6.45) is 5.37. The van der Waals surface area contributed by atoms with Gasteiger partial charge in [0.25, 0.3) is 0 Å². The van der Waals surface area contributed by atoms with Gasteiger partial charge < -0.3 is 4.74 Å². The first-order valence-electron chi connectivity index (χ1n) is 4.50. The maximum atomic E-state index is 11.0. The molecule has 0 aliphatic carbocycles. The zero-order chi connectivity index (χ0) is 8.81. The highest BCUT2D eigenvalue weighted by molar-refractivity contribution is 6.33. The third-order valence-electron chi connectivity index (χ3n) is 2.01. The summed E-state index contributed by atoms with van der Waals surface area (Å²) in [5.74, 6) is -1.01. The molecule has 0 radical (unpaired) electrons. The maximum absolute atomic E-state index is 11.0. The second kappa shape index (κ2) is 4.91. The summed E-state index contributed by atoms with van der Waals surface area (Å²) in [5.41, 5.74) is 0. The molecule has 0 bridgehead atoms. The van der Waals surface area contributed by atoms with Crippen molar-refractivity contribution in [2.45, 2.75) is 38.5 Å². The van der Waals surface area contributed by atoms with E-state index in [1.54, 1.807) is 0 Å². The van der Waals surface area contributed by atoms with Crippen LogP contribution < -0.4 is 0 Å². The van der Waals surface area contributed by atoms with Crippen molar-refractivity contribution in [3.63, 3.8) is 0 Å². The molecule has 1 fully saturated rings. The summed E-state index contributed by atoms with van der Waals surface area (Å²) in [6.45, 7) is 0.407. The topological polar surface area (TPSA) is 43.4 Å². The van der Waals surface area contributed by atoms with Gasteiger partial charge in [-0.25, -0.2) is 4.79 Å². The molecule has 1 rings (SSSR count). The molecular formula is C9H14O3. The number of rotatable bonds is 0. The Labute approximate surface area is 72.1 Å². The minimum atomic E-state index is -0.642. The normalized spacial score (nSPS) is 21.7. The number of hydrogen-bond acceptors (Lipinski definition) is 3. The fourth-order valence-corrected chi connectivity index (χ4v) is 1.27. The lowest BCUT2D eigenvalue weighted by Crippen LogP contribution is -2.18. The van der Waals surface area contributed by atoms with Gasteiger partial charge in [-0.1, -0.05) is 19.3 Å². The highest BCUT2D eigenvalue weighted by Crippen LogP contribution is 2.08. The molecule has 0 aromatic carbocycles. The SMILES string of the molecule is O=C1CCCCCCCOC1=O. The van der Waals surface area contributed by atoms with Crippen LogP contribution in [0.3, 0.4) is 0 Å². The van der Waals surface area contributed by atoms with Gasteiger partial charge in [-0.05, 0) is 12.8 Å². The Morgan fingerprint density at radius 3 is 2.42 bits per heavy atom. The van der Waals surface area contributed by atoms with E-state index in [4.69, 9.17) is 4.74 Å². The summed E-state index contributed by atoms with van der Waals surface area (Å²) in [7, 11) is 0. The quantitative estimate of drug-likeness (QED) is 0.408. The molecule has 0 aromatic rings. The summed E-state index contributed by atoms with van der Waals surface area (Å²) in [4.78, 5) is 21.8. The highest BCUT2D eigenvalue weighted by atomic mass is 16.5. The van der Waals surface area contributed by atoms with E-state index in [0.717, 1.165) is 32.1 Å². The van der Waals surface area contributed by atoms with Crippen LogP contribution in [-0.4, -0.2) is 18.4 Å². The summed E-state index contributed by atoms with van der Waals surface area (Å²) in [5, 5.41) is 0. The van der Waals surface area contributed by atoms with Gasteiger partial charge in [0, 0.05) is 6.42 Å². The predicted octanol–water partition coefficient (Wildman–Crippen LogP) is 1.45. The fraction of sp³-hybridized carbons (Fsp3) is 0.778. The van der Waals surface area contributed by atoms with Crippen LogP contribution in [-0.2, 0) is 14.3 Å². The van der Waals surface area contributed by atoms with Crippen molar-refractivity contribution in [2.75, 3.05) is 6.61 Å². The van der Waals surface area contributed by atoms with E-state index < -0.39 is 5.97 Å². The van der Waals surface area contributed by atoms with Gasteiger partial charge in [0.2, 0.25) is 5.78 Å². The number of Topliss-reactive ketones (excluding diaryl/α,β-unsaturated/α-hetero) is 1. The lowest BCUT2D eigenvalue weighted by atomic mass is 10.1. The zero-order valence-corrected chi connectivity index (χ0v) is 7.17. The van der Waals surface area contributed by atoms with E-state index in [1.165, 1.54) is 0 Å². The van der Waals surface area contributed by atoms with Gasteiger partial charge in [0.1, 0.15) is 0 Å². The minimum absolute atomic E-state index is 0.360. The minimum Gasteiger partial charge on any atom is -0.460 e. The molecule has 3 heteroatoms. The molecule has 1 saturated heterocycles. The first kappa shape index (κ1) is 9.23. The molecule has 0 unspecified atom stereocenters. The van der Waals surface area contributed by atoms with Crippen molar-refractivity contribution in [1.29, 1.82) is 0 Å². The molecule has 1 aliphatic heterocycles. The van der Waals surface area contributed by atoms with Crippen LogP contribution in [0, 0.1) is 0 Å². The first-order valence-corrected chi connectivity index (χ1v) is 4.50. The molecule has 0 saturated carbocycles. The molecule has 68 valence electrons. The third kappa shape index (κ3) is 3.03. The van der Waals surface area contributed by atoms with Crippen LogP contribution in [0.5, 0.6) is 0 Å². The van der Waals surface area contributed by atoms with Crippen LogP contribution in [0.15, 0.2) is 0 Å². The molecular weight excluding hydrogens is 156 g/mol. The molecule has 1 heterocycles. The van der Waals surface area contributed by atoms with Crippen LogP contribution >= 0.6 is 0 Å². The van der Waals surface area contributed by atoms with Crippen LogP contribution in [0.4, 0.5) is 0 Å². The highest BCUT2D eigenvalue weighted by Gasteiger charge is 2.15. The number of hydrogen-bond donors (Lipinski definition) is 0. The number of carbonyl (C=O) groups is 2. The van der Waals surface area contributed by atoms with Crippen LogP contribution in [0.1, 0.15) is 38.5 Å². The van der Waals surface area contributed by atoms with Gasteiger partial charge in [-0.2, -0.15) is 0 Å². The Kier molecular flexibility index (Phi) is 3.77. The Morgan fingerprint density at radius 2 is 1.58 bits per heavy atom. The molecule has 12 heavy (non-hydrogen) atoms. The molecule has 0 aromatic heterocycles. The number of carbonyl (C=O) groups excluding carboxylic acids is 2. The number of ether oxygens (including phenoxy) is 1. The van der Waals surface area contributed by atoms with Gasteiger partial charge in [0.15, 0.2) is 0 Å². The smallest absolute Gasteiger partial charge is 0.374 e. The molecule has 0 amide bonds. The second-order valence-corrected chi connectivity index (χ2v) is 3.08. The molecule has 1 aliphatic rings. The van der Waals surface area contributed by atoms with Crippen molar-refractivity contribution in [2.24, 2.45) is 0 Å². The number of cyclic esters (lactones) is 1. The van der Waals surface area contributed by atoms with E-state index >= 15 is 0 Å². The summed E-state index contributed by atoms with van der Waals surface area (Å²) >= 11 is 0. The molecule has 0 spiro atoms. The molecule has 3 nitrogen and oxygen atoms in total. The second-order valence-electron chi connectivity index (χ2n) is 3.08. The van der Waals surface area contributed by atoms with Crippen molar-refractivity contribution in [1.82, 2.24) is 0 Å². The van der Waals surface area contributed by atoms with Crippen LogP contribution in [0.25, 0.3) is 0 Å². The number of esters is 1. The van der Waals surface area contributed by atoms with Crippen molar-refractivity contribution < 1.29 is 14.3 Å². The van der Waals surface area contributed by atoms with Gasteiger partial charge in [-0.15, -0.1) is 0 Å². The van der Waals surface area contributed by atoms with Gasteiger partial charge in [-0.3, -0.25) is 4.79 Å². The van der Waals surface area contributed by atoms with E-state index in [2.05, 4.69) is 0 Å². The summed E-state index contributed by atoms with van der Waals surface area (Å²) in [6, 6.07) is 0. The predicted molar refractivity (Wildman–Crippen MR) is 43.7 cm³/mol. The first-order chi connectivity index (χ1) is 5.80. The lowest BCUT2D eigenvalue weighted by Gasteiger charge is -2.06. The van der Waals surface area contributed by atoms with E-state index in [9.17, 15) is 9.59 Å². The Balaban J connectivity index is 2.36. The largest absolute Gasteiger partial charge is 0.460 e. The van der Waals surface area contributed by atoms with Gasteiger partial charge in [0.05, 0.1) is 6.61 Å². The van der Waals surface area contributed by atoms with E-state index in [0.29, 0.717) is 13.0 Å². The van der Waals surface area contributed by atoms with Crippen LogP contribution in [0.2, 0.25) is 0 Å².